The monoisotopic (exact) mass is 371 g/mol. The minimum absolute atomic E-state index is 0.142. The van der Waals surface area contributed by atoms with Crippen LogP contribution >= 0.6 is 0 Å². The first-order valence-electron chi connectivity index (χ1n) is 7.98. The van der Waals surface area contributed by atoms with E-state index < -0.39 is 23.6 Å². The van der Waals surface area contributed by atoms with Crippen LogP contribution in [0.25, 0.3) is 5.69 Å². The second-order valence-electron chi connectivity index (χ2n) is 6.04. The highest BCUT2D eigenvalue weighted by Gasteiger charge is 2.39. The Morgan fingerprint density at radius 3 is 2.07 bits per heavy atom. The number of fused-ring (bicyclic) bond motifs is 1. The molecule has 0 unspecified atom stereocenters. The lowest BCUT2D eigenvalue weighted by atomic mass is 10.1. The fraction of sp³-hybridized carbons (Fsp3) is 0.105. The summed E-state index contributed by atoms with van der Waals surface area (Å²) in [6.07, 6.45) is -1.57. The third-order valence-corrected chi connectivity index (χ3v) is 4.42. The van der Waals surface area contributed by atoms with Gasteiger partial charge in [0.25, 0.3) is 11.8 Å². The van der Waals surface area contributed by atoms with Crippen molar-refractivity contribution in [3.63, 3.8) is 0 Å². The molecule has 2 amide bonds. The molecule has 27 heavy (non-hydrogen) atoms. The number of imide groups is 1. The molecule has 136 valence electrons. The molecular weight excluding hydrogens is 359 g/mol. The Bertz CT molecular complexity index is 1050. The zero-order valence-electron chi connectivity index (χ0n) is 14.0. The number of imidazole rings is 1. The predicted molar refractivity (Wildman–Crippen MR) is 90.9 cm³/mol. The van der Waals surface area contributed by atoms with E-state index in [0.29, 0.717) is 5.82 Å². The van der Waals surface area contributed by atoms with Crippen LogP contribution in [0.1, 0.15) is 32.1 Å². The number of alkyl halides is 3. The Morgan fingerprint density at radius 1 is 0.926 bits per heavy atom. The molecule has 0 bridgehead atoms. The van der Waals surface area contributed by atoms with Crippen molar-refractivity contribution < 1.29 is 22.8 Å². The SMILES string of the molecule is Cc1nccn1-c1ccc(C(F)(F)F)cc1N1C(=O)c2ccccc2C1=O. The van der Waals surface area contributed by atoms with Crippen molar-refractivity contribution >= 4 is 17.5 Å². The Morgan fingerprint density at radius 2 is 1.56 bits per heavy atom. The van der Waals surface area contributed by atoms with Crippen LogP contribution in [0.2, 0.25) is 0 Å². The molecule has 1 aliphatic heterocycles. The second kappa shape index (κ2) is 5.80. The molecule has 1 aromatic heterocycles. The van der Waals surface area contributed by atoms with Crippen LogP contribution in [-0.2, 0) is 6.18 Å². The maximum absolute atomic E-state index is 13.3. The van der Waals surface area contributed by atoms with E-state index >= 15 is 0 Å². The number of amides is 2. The third-order valence-electron chi connectivity index (χ3n) is 4.42. The number of halogens is 3. The fourth-order valence-electron chi connectivity index (χ4n) is 3.12. The quantitative estimate of drug-likeness (QED) is 0.640. The van der Waals surface area contributed by atoms with E-state index in [1.807, 2.05) is 0 Å². The van der Waals surface area contributed by atoms with Gasteiger partial charge in [0.15, 0.2) is 0 Å². The molecule has 0 N–H and O–H groups in total. The third kappa shape index (κ3) is 2.61. The highest BCUT2D eigenvalue weighted by atomic mass is 19.4. The van der Waals surface area contributed by atoms with Crippen LogP contribution in [0, 0.1) is 6.92 Å². The van der Waals surface area contributed by atoms with Crippen molar-refractivity contribution in [2.75, 3.05) is 4.90 Å². The highest BCUT2D eigenvalue weighted by Crippen LogP contribution is 2.38. The van der Waals surface area contributed by atoms with Crippen molar-refractivity contribution in [2.45, 2.75) is 13.1 Å². The van der Waals surface area contributed by atoms with Crippen LogP contribution in [0.5, 0.6) is 0 Å². The minimum atomic E-state index is -4.62. The van der Waals surface area contributed by atoms with E-state index in [-0.39, 0.29) is 22.5 Å². The number of rotatable bonds is 2. The number of aryl methyl sites for hydroxylation is 1. The zero-order valence-corrected chi connectivity index (χ0v) is 14.0. The summed E-state index contributed by atoms with van der Waals surface area (Å²) < 4.78 is 41.3. The van der Waals surface area contributed by atoms with Crippen LogP contribution < -0.4 is 4.90 Å². The van der Waals surface area contributed by atoms with Gasteiger partial charge in [-0.1, -0.05) is 12.1 Å². The smallest absolute Gasteiger partial charge is 0.302 e. The Kier molecular flexibility index (Phi) is 3.66. The normalized spacial score (nSPS) is 14.0. The molecule has 8 heteroatoms. The van der Waals surface area contributed by atoms with Gasteiger partial charge >= 0.3 is 6.18 Å². The standard InChI is InChI=1S/C19H12F3N3O2/c1-11-23-8-9-24(11)15-7-6-12(19(20,21)22)10-16(15)25-17(26)13-4-2-3-5-14(13)18(25)27/h2-10H,1H3. The molecule has 0 saturated heterocycles. The van der Waals surface area contributed by atoms with Gasteiger partial charge in [-0.3, -0.25) is 9.59 Å². The lowest BCUT2D eigenvalue weighted by Crippen LogP contribution is -2.31. The lowest BCUT2D eigenvalue weighted by molar-refractivity contribution is -0.137. The van der Waals surface area contributed by atoms with Crippen LogP contribution in [-0.4, -0.2) is 21.4 Å². The molecule has 1 aliphatic rings. The number of aromatic nitrogens is 2. The van der Waals surface area contributed by atoms with Crippen LogP contribution in [0.4, 0.5) is 18.9 Å². The van der Waals surface area contributed by atoms with Crippen LogP contribution in [0.15, 0.2) is 54.9 Å². The summed E-state index contributed by atoms with van der Waals surface area (Å²) in [6.45, 7) is 1.67. The Balaban J connectivity index is 1.95. The number of hydrogen-bond acceptors (Lipinski definition) is 3. The first-order chi connectivity index (χ1) is 12.8. The molecule has 0 atom stereocenters. The predicted octanol–water partition coefficient (Wildman–Crippen LogP) is 4.00. The summed E-state index contributed by atoms with van der Waals surface area (Å²) >= 11 is 0. The van der Waals surface area contributed by atoms with Gasteiger partial charge in [0, 0.05) is 12.4 Å². The van der Waals surface area contributed by atoms with E-state index in [0.717, 1.165) is 17.0 Å². The van der Waals surface area contributed by atoms with Crippen molar-refractivity contribution in [2.24, 2.45) is 0 Å². The van der Waals surface area contributed by atoms with Gasteiger partial charge in [-0.25, -0.2) is 9.88 Å². The number of carbonyl (C=O) groups excluding carboxylic acids is 2. The number of anilines is 1. The largest absolute Gasteiger partial charge is 0.416 e. The van der Waals surface area contributed by atoms with E-state index in [2.05, 4.69) is 4.98 Å². The summed E-state index contributed by atoms with van der Waals surface area (Å²) in [4.78, 5) is 30.4. The van der Waals surface area contributed by atoms with Crippen molar-refractivity contribution in [1.29, 1.82) is 0 Å². The number of carbonyl (C=O) groups is 2. The van der Waals surface area contributed by atoms with Gasteiger partial charge in [-0.05, 0) is 37.3 Å². The van der Waals surface area contributed by atoms with Gasteiger partial charge in [0.05, 0.1) is 28.1 Å². The summed E-state index contributed by atoms with van der Waals surface area (Å²) in [5.74, 6) is -0.810. The maximum Gasteiger partial charge on any atom is 0.416 e. The fourth-order valence-corrected chi connectivity index (χ4v) is 3.12. The second-order valence-corrected chi connectivity index (χ2v) is 6.04. The molecule has 0 saturated carbocycles. The molecule has 2 aromatic carbocycles. The average Bonchev–Trinajstić information content (AvgIpc) is 3.16. The van der Waals surface area contributed by atoms with Crippen LogP contribution in [0.3, 0.4) is 0 Å². The minimum Gasteiger partial charge on any atom is -0.302 e. The molecule has 4 rings (SSSR count). The molecule has 2 heterocycles. The number of nitrogens with zero attached hydrogens (tertiary/aromatic N) is 3. The molecular formula is C19H12F3N3O2. The van der Waals surface area contributed by atoms with Gasteiger partial charge < -0.3 is 4.57 Å². The Labute approximate surface area is 151 Å². The molecule has 0 radical (unpaired) electrons. The summed E-state index contributed by atoms with van der Waals surface area (Å²) in [7, 11) is 0. The molecule has 5 nitrogen and oxygen atoms in total. The van der Waals surface area contributed by atoms with Crippen molar-refractivity contribution in [3.8, 4) is 5.69 Å². The summed E-state index contributed by atoms with van der Waals surface area (Å²) in [5, 5.41) is 0. The topological polar surface area (TPSA) is 55.2 Å². The van der Waals surface area contributed by atoms with Gasteiger partial charge in [0.1, 0.15) is 5.82 Å². The Hall–Kier alpha value is -3.42. The number of benzene rings is 2. The summed E-state index contributed by atoms with van der Waals surface area (Å²) in [5.41, 5.74) is -0.512. The molecule has 3 aromatic rings. The van der Waals surface area contributed by atoms with E-state index in [1.54, 1.807) is 25.3 Å². The van der Waals surface area contributed by atoms with E-state index in [1.165, 1.54) is 29.0 Å². The highest BCUT2D eigenvalue weighted by molar-refractivity contribution is 6.35. The van der Waals surface area contributed by atoms with Gasteiger partial charge in [-0.15, -0.1) is 0 Å². The molecule has 0 aliphatic carbocycles. The van der Waals surface area contributed by atoms with Gasteiger partial charge in [-0.2, -0.15) is 13.2 Å². The average molecular weight is 371 g/mol. The lowest BCUT2D eigenvalue weighted by Gasteiger charge is -2.21. The first-order valence-corrected chi connectivity index (χ1v) is 7.98. The van der Waals surface area contributed by atoms with Crippen molar-refractivity contribution in [1.82, 2.24) is 9.55 Å². The molecule has 0 fully saturated rings. The van der Waals surface area contributed by atoms with Crippen molar-refractivity contribution in [3.05, 3.63) is 77.4 Å². The number of hydrogen-bond donors (Lipinski definition) is 0. The van der Waals surface area contributed by atoms with E-state index in [9.17, 15) is 22.8 Å². The molecule has 0 spiro atoms. The van der Waals surface area contributed by atoms with Gasteiger partial charge in [0.2, 0.25) is 0 Å². The maximum atomic E-state index is 13.3. The van der Waals surface area contributed by atoms with E-state index in [4.69, 9.17) is 0 Å². The summed E-state index contributed by atoms with van der Waals surface area (Å²) in [6, 6.07) is 9.11. The first kappa shape index (κ1) is 17.0. The zero-order chi connectivity index (χ0) is 19.3.